The fraction of sp³-hybridized carbons (Fsp3) is 0.500. The van der Waals surface area contributed by atoms with Crippen molar-refractivity contribution in [1.29, 1.82) is 0 Å². The Kier molecular flexibility index (Phi) is 5.65. The highest BCUT2D eigenvalue weighted by Crippen LogP contribution is 2.16. The Balaban J connectivity index is 2.31. The molecule has 1 aromatic rings. The van der Waals surface area contributed by atoms with E-state index in [2.05, 4.69) is 5.32 Å². The maximum Gasteiger partial charge on any atom is 0.257 e. The number of ether oxygens (including phenoxy) is 1. The van der Waals surface area contributed by atoms with Crippen molar-refractivity contribution in [2.24, 2.45) is 5.73 Å². The lowest BCUT2D eigenvalue weighted by Crippen LogP contribution is -2.32. The van der Waals surface area contributed by atoms with Crippen molar-refractivity contribution < 1.29 is 9.53 Å². The van der Waals surface area contributed by atoms with Gasteiger partial charge in [-0.1, -0.05) is 6.07 Å². The van der Waals surface area contributed by atoms with Crippen LogP contribution in [0.5, 0.6) is 5.75 Å². The molecule has 0 aliphatic heterocycles. The molecular weight excluding hydrogens is 228 g/mol. The Morgan fingerprint density at radius 2 is 2.11 bits per heavy atom. The number of hydrogen-bond acceptors (Lipinski definition) is 3. The molecule has 0 heterocycles. The number of carbonyl (C=O) groups is 1. The first-order valence-corrected chi connectivity index (χ1v) is 6.21. The number of hydrogen-bond donors (Lipinski definition) is 2. The molecule has 0 fully saturated rings. The number of carbonyl (C=O) groups excluding carboxylic acids is 1. The molecule has 0 aliphatic carbocycles. The molecule has 0 bridgehead atoms. The van der Waals surface area contributed by atoms with E-state index >= 15 is 0 Å². The molecule has 4 nitrogen and oxygen atoms in total. The molecular formula is C14H22N2O2. The number of rotatable bonds is 6. The van der Waals surface area contributed by atoms with E-state index in [0.29, 0.717) is 6.54 Å². The predicted octanol–water partition coefficient (Wildman–Crippen LogP) is 1.54. The largest absolute Gasteiger partial charge is 0.484 e. The normalized spacial score (nSPS) is 12.0. The SMILES string of the molecule is Cc1ccc(OCC(=O)NCCC(C)N)cc1C. The Hall–Kier alpha value is -1.55. The number of nitrogens with one attached hydrogen (secondary N) is 1. The highest BCUT2D eigenvalue weighted by atomic mass is 16.5. The lowest BCUT2D eigenvalue weighted by molar-refractivity contribution is -0.123. The van der Waals surface area contributed by atoms with Crippen LogP contribution in [-0.2, 0) is 4.79 Å². The first-order chi connectivity index (χ1) is 8.49. The molecule has 0 saturated heterocycles. The molecule has 1 atom stereocenters. The van der Waals surface area contributed by atoms with E-state index in [1.807, 2.05) is 39.0 Å². The summed E-state index contributed by atoms with van der Waals surface area (Å²) in [7, 11) is 0. The summed E-state index contributed by atoms with van der Waals surface area (Å²) in [5.74, 6) is 0.606. The summed E-state index contributed by atoms with van der Waals surface area (Å²) in [6.07, 6.45) is 0.773. The summed E-state index contributed by atoms with van der Waals surface area (Å²) in [4.78, 5) is 11.5. The van der Waals surface area contributed by atoms with Crippen LogP contribution in [-0.4, -0.2) is 25.1 Å². The molecule has 1 unspecified atom stereocenters. The second-order valence-corrected chi connectivity index (χ2v) is 4.65. The van der Waals surface area contributed by atoms with Gasteiger partial charge in [-0.25, -0.2) is 0 Å². The number of aryl methyl sites for hydroxylation is 2. The quantitative estimate of drug-likeness (QED) is 0.805. The summed E-state index contributed by atoms with van der Waals surface area (Å²) >= 11 is 0. The molecule has 0 aromatic heterocycles. The van der Waals surface area contributed by atoms with Crippen LogP contribution in [0.1, 0.15) is 24.5 Å². The average molecular weight is 250 g/mol. The van der Waals surface area contributed by atoms with Gasteiger partial charge in [-0.2, -0.15) is 0 Å². The van der Waals surface area contributed by atoms with Gasteiger partial charge in [-0.3, -0.25) is 4.79 Å². The van der Waals surface area contributed by atoms with E-state index < -0.39 is 0 Å². The number of benzene rings is 1. The van der Waals surface area contributed by atoms with Crippen LogP contribution in [0, 0.1) is 13.8 Å². The third-order valence-corrected chi connectivity index (χ3v) is 2.77. The van der Waals surface area contributed by atoms with Gasteiger partial charge in [0.1, 0.15) is 5.75 Å². The van der Waals surface area contributed by atoms with Crippen molar-refractivity contribution in [2.45, 2.75) is 33.2 Å². The van der Waals surface area contributed by atoms with Crippen molar-refractivity contribution in [3.63, 3.8) is 0 Å². The Labute approximate surface area is 109 Å². The minimum absolute atomic E-state index is 0.0431. The molecule has 18 heavy (non-hydrogen) atoms. The van der Waals surface area contributed by atoms with E-state index in [-0.39, 0.29) is 18.6 Å². The van der Waals surface area contributed by atoms with Crippen LogP contribution in [0.2, 0.25) is 0 Å². The average Bonchev–Trinajstić information content (AvgIpc) is 2.30. The van der Waals surface area contributed by atoms with Gasteiger partial charge in [0.15, 0.2) is 6.61 Å². The Morgan fingerprint density at radius 3 is 2.72 bits per heavy atom. The molecule has 0 radical (unpaired) electrons. The summed E-state index contributed by atoms with van der Waals surface area (Å²) in [5, 5.41) is 2.77. The van der Waals surface area contributed by atoms with E-state index in [1.54, 1.807) is 0 Å². The third-order valence-electron chi connectivity index (χ3n) is 2.77. The van der Waals surface area contributed by atoms with Crippen LogP contribution in [0.15, 0.2) is 18.2 Å². The molecule has 0 aliphatic rings. The predicted molar refractivity (Wildman–Crippen MR) is 72.7 cm³/mol. The molecule has 1 amide bonds. The second kappa shape index (κ2) is 7.01. The van der Waals surface area contributed by atoms with Crippen molar-refractivity contribution in [2.75, 3.05) is 13.2 Å². The molecule has 1 aromatic carbocycles. The fourth-order valence-electron chi connectivity index (χ4n) is 1.44. The Morgan fingerprint density at radius 1 is 1.39 bits per heavy atom. The first-order valence-electron chi connectivity index (χ1n) is 6.21. The lowest BCUT2D eigenvalue weighted by Gasteiger charge is -2.09. The van der Waals surface area contributed by atoms with Gasteiger partial charge in [0.2, 0.25) is 0 Å². The summed E-state index contributed by atoms with van der Waals surface area (Å²) in [6, 6.07) is 5.90. The van der Waals surface area contributed by atoms with Gasteiger partial charge in [0, 0.05) is 12.6 Å². The van der Waals surface area contributed by atoms with E-state index in [9.17, 15) is 4.79 Å². The zero-order valence-electron chi connectivity index (χ0n) is 11.3. The zero-order chi connectivity index (χ0) is 13.5. The number of amides is 1. The van der Waals surface area contributed by atoms with Crippen molar-refractivity contribution >= 4 is 5.91 Å². The standard InChI is InChI=1S/C14H22N2O2/c1-10-4-5-13(8-11(10)2)18-9-14(17)16-7-6-12(3)15/h4-5,8,12H,6-7,9,15H2,1-3H3,(H,16,17). The van der Waals surface area contributed by atoms with Gasteiger partial charge in [0.05, 0.1) is 0 Å². The summed E-state index contributed by atoms with van der Waals surface area (Å²) in [5.41, 5.74) is 7.96. The van der Waals surface area contributed by atoms with Crippen LogP contribution in [0.4, 0.5) is 0 Å². The van der Waals surface area contributed by atoms with Gasteiger partial charge < -0.3 is 15.8 Å². The monoisotopic (exact) mass is 250 g/mol. The minimum atomic E-state index is -0.117. The fourth-order valence-corrected chi connectivity index (χ4v) is 1.44. The molecule has 0 saturated carbocycles. The van der Waals surface area contributed by atoms with Crippen LogP contribution in [0.3, 0.4) is 0 Å². The molecule has 100 valence electrons. The second-order valence-electron chi connectivity index (χ2n) is 4.65. The highest BCUT2D eigenvalue weighted by Gasteiger charge is 2.03. The zero-order valence-corrected chi connectivity index (χ0v) is 11.3. The maximum absolute atomic E-state index is 11.5. The van der Waals surface area contributed by atoms with Crippen molar-refractivity contribution in [3.8, 4) is 5.75 Å². The molecule has 0 spiro atoms. The highest BCUT2D eigenvalue weighted by molar-refractivity contribution is 5.77. The molecule has 1 rings (SSSR count). The van der Waals surface area contributed by atoms with Gasteiger partial charge >= 0.3 is 0 Å². The van der Waals surface area contributed by atoms with Crippen LogP contribution >= 0.6 is 0 Å². The van der Waals surface area contributed by atoms with Crippen LogP contribution < -0.4 is 15.8 Å². The van der Waals surface area contributed by atoms with Crippen molar-refractivity contribution in [1.82, 2.24) is 5.32 Å². The summed E-state index contributed by atoms with van der Waals surface area (Å²) in [6.45, 7) is 6.61. The molecule has 3 N–H and O–H groups in total. The van der Waals surface area contributed by atoms with E-state index in [0.717, 1.165) is 17.7 Å². The lowest BCUT2D eigenvalue weighted by atomic mass is 10.1. The van der Waals surface area contributed by atoms with Crippen molar-refractivity contribution in [3.05, 3.63) is 29.3 Å². The number of nitrogens with two attached hydrogens (primary N) is 1. The molecule has 4 heteroatoms. The maximum atomic E-state index is 11.5. The van der Waals surface area contributed by atoms with E-state index in [1.165, 1.54) is 5.56 Å². The topological polar surface area (TPSA) is 64.3 Å². The third kappa shape index (κ3) is 5.19. The smallest absolute Gasteiger partial charge is 0.257 e. The summed E-state index contributed by atoms with van der Waals surface area (Å²) < 4.78 is 5.42. The van der Waals surface area contributed by atoms with Gasteiger partial charge in [0.25, 0.3) is 5.91 Å². The van der Waals surface area contributed by atoms with Gasteiger partial charge in [-0.15, -0.1) is 0 Å². The van der Waals surface area contributed by atoms with Crippen LogP contribution in [0.25, 0.3) is 0 Å². The van der Waals surface area contributed by atoms with Gasteiger partial charge in [-0.05, 0) is 50.5 Å². The van der Waals surface area contributed by atoms with E-state index in [4.69, 9.17) is 10.5 Å². The minimum Gasteiger partial charge on any atom is -0.484 e. The Bertz CT molecular complexity index is 403. The first kappa shape index (κ1) is 14.5.